The van der Waals surface area contributed by atoms with Crippen LogP contribution >= 0.6 is 0 Å². The Bertz CT molecular complexity index is 383. The second-order valence-electron chi connectivity index (χ2n) is 3.18. The fraction of sp³-hybridized carbons (Fsp3) is 0.625. The number of nitrogens with zero attached hydrogens (tertiary/aromatic N) is 2. The molecule has 1 heterocycles. The zero-order valence-corrected chi connectivity index (χ0v) is 9.12. The molecule has 0 aliphatic heterocycles. The van der Waals surface area contributed by atoms with Crippen LogP contribution in [-0.2, 0) is 16.9 Å². The average Bonchev–Trinajstić information content (AvgIpc) is 2.44. The average molecular weight is 218 g/mol. The van der Waals surface area contributed by atoms with Crippen molar-refractivity contribution in [1.29, 1.82) is 0 Å². The van der Waals surface area contributed by atoms with E-state index in [-0.39, 0.29) is 5.75 Å². The third-order valence-electron chi connectivity index (χ3n) is 1.61. The SMILES string of the molecule is Cn1cc(OCCCS(C)(=O)=O)cn1. The normalized spacial score (nSPS) is 11.6. The molecular weight excluding hydrogens is 204 g/mol. The molecule has 0 aromatic carbocycles. The van der Waals surface area contributed by atoms with Crippen molar-refractivity contribution in [2.75, 3.05) is 18.6 Å². The van der Waals surface area contributed by atoms with Crippen LogP contribution in [0.2, 0.25) is 0 Å². The number of ether oxygens (including phenoxy) is 1. The van der Waals surface area contributed by atoms with Gasteiger partial charge in [0, 0.05) is 13.3 Å². The van der Waals surface area contributed by atoms with Crippen LogP contribution < -0.4 is 4.74 Å². The minimum Gasteiger partial charge on any atom is -0.490 e. The van der Waals surface area contributed by atoms with Crippen LogP contribution in [0.25, 0.3) is 0 Å². The maximum atomic E-state index is 10.8. The van der Waals surface area contributed by atoms with Gasteiger partial charge in [0.2, 0.25) is 0 Å². The van der Waals surface area contributed by atoms with Gasteiger partial charge in [0.05, 0.1) is 24.8 Å². The maximum absolute atomic E-state index is 10.8. The van der Waals surface area contributed by atoms with Gasteiger partial charge in [-0.05, 0) is 6.42 Å². The Kier molecular flexibility index (Phi) is 3.51. The van der Waals surface area contributed by atoms with Crippen molar-refractivity contribution in [3.8, 4) is 5.75 Å². The van der Waals surface area contributed by atoms with Gasteiger partial charge in [0.15, 0.2) is 5.75 Å². The first-order valence-electron chi connectivity index (χ1n) is 4.26. The molecule has 0 amide bonds. The molecule has 0 bridgehead atoms. The summed E-state index contributed by atoms with van der Waals surface area (Å²) in [5.74, 6) is 0.828. The molecular formula is C8H14N2O3S. The summed E-state index contributed by atoms with van der Waals surface area (Å²) < 4.78 is 28.5. The molecule has 0 atom stereocenters. The second-order valence-corrected chi connectivity index (χ2v) is 5.44. The van der Waals surface area contributed by atoms with E-state index in [1.165, 1.54) is 6.26 Å². The van der Waals surface area contributed by atoms with Crippen LogP contribution in [0, 0.1) is 0 Å². The molecule has 14 heavy (non-hydrogen) atoms. The molecule has 0 saturated carbocycles. The zero-order chi connectivity index (χ0) is 10.6. The highest BCUT2D eigenvalue weighted by Gasteiger charge is 2.02. The molecule has 1 aromatic heterocycles. The number of aryl methyl sites for hydroxylation is 1. The summed E-state index contributed by atoms with van der Waals surface area (Å²) in [5.41, 5.74) is 0. The van der Waals surface area contributed by atoms with Crippen molar-refractivity contribution >= 4 is 9.84 Å². The van der Waals surface area contributed by atoms with Gasteiger partial charge in [0.25, 0.3) is 0 Å². The van der Waals surface area contributed by atoms with Crippen molar-refractivity contribution in [2.24, 2.45) is 7.05 Å². The van der Waals surface area contributed by atoms with Crippen molar-refractivity contribution in [3.63, 3.8) is 0 Å². The van der Waals surface area contributed by atoms with Gasteiger partial charge in [-0.25, -0.2) is 8.42 Å². The third kappa shape index (κ3) is 4.27. The van der Waals surface area contributed by atoms with Crippen LogP contribution in [-0.4, -0.2) is 36.8 Å². The van der Waals surface area contributed by atoms with Crippen LogP contribution in [0.15, 0.2) is 12.4 Å². The summed E-state index contributed by atoms with van der Waals surface area (Å²) in [5, 5.41) is 3.92. The fourth-order valence-corrected chi connectivity index (χ4v) is 1.63. The quantitative estimate of drug-likeness (QED) is 0.664. The van der Waals surface area contributed by atoms with E-state index in [0.29, 0.717) is 18.8 Å². The predicted molar refractivity (Wildman–Crippen MR) is 53.0 cm³/mol. The number of aromatic nitrogens is 2. The lowest BCUT2D eigenvalue weighted by molar-refractivity contribution is 0.317. The largest absolute Gasteiger partial charge is 0.490 e. The molecule has 5 nitrogen and oxygen atoms in total. The highest BCUT2D eigenvalue weighted by molar-refractivity contribution is 7.90. The Morgan fingerprint density at radius 1 is 1.57 bits per heavy atom. The minimum atomic E-state index is -2.87. The topological polar surface area (TPSA) is 61.2 Å². The molecule has 80 valence electrons. The van der Waals surface area contributed by atoms with Crippen molar-refractivity contribution in [3.05, 3.63) is 12.4 Å². The number of hydrogen-bond acceptors (Lipinski definition) is 4. The van der Waals surface area contributed by atoms with Gasteiger partial charge in [0.1, 0.15) is 9.84 Å². The molecule has 0 fully saturated rings. The smallest absolute Gasteiger partial charge is 0.157 e. The Morgan fingerprint density at radius 3 is 2.79 bits per heavy atom. The molecule has 0 spiro atoms. The maximum Gasteiger partial charge on any atom is 0.157 e. The van der Waals surface area contributed by atoms with E-state index in [4.69, 9.17) is 4.74 Å². The Balaban J connectivity index is 2.23. The van der Waals surface area contributed by atoms with E-state index in [9.17, 15) is 8.42 Å². The van der Waals surface area contributed by atoms with Crippen LogP contribution in [0.5, 0.6) is 5.75 Å². The molecule has 0 aliphatic carbocycles. The summed E-state index contributed by atoms with van der Waals surface area (Å²) in [7, 11) is -1.08. The molecule has 0 unspecified atom stereocenters. The van der Waals surface area contributed by atoms with E-state index in [0.717, 1.165) is 0 Å². The van der Waals surface area contributed by atoms with Gasteiger partial charge < -0.3 is 4.74 Å². The van der Waals surface area contributed by atoms with E-state index in [2.05, 4.69) is 5.10 Å². The summed E-state index contributed by atoms with van der Waals surface area (Å²) in [6.07, 6.45) is 5.06. The zero-order valence-electron chi connectivity index (χ0n) is 8.30. The molecule has 0 radical (unpaired) electrons. The molecule has 6 heteroatoms. The van der Waals surface area contributed by atoms with Gasteiger partial charge in [-0.3, -0.25) is 4.68 Å². The van der Waals surface area contributed by atoms with Crippen LogP contribution in [0.4, 0.5) is 0 Å². The van der Waals surface area contributed by atoms with Gasteiger partial charge in [-0.1, -0.05) is 0 Å². The minimum absolute atomic E-state index is 0.160. The first-order valence-corrected chi connectivity index (χ1v) is 6.32. The molecule has 1 aromatic rings. The third-order valence-corrected chi connectivity index (χ3v) is 2.64. The summed E-state index contributed by atoms with van der Waals surface area (Å²) in [4.78, 5) is 0. The number of rotatable bonds is 5. The van der Waals surface area contributed by atoms with Gasteiger partial charge in [-0.15, -0.1) is 0 Å². The lowest BCUT2D eigenvalue weighted by Gasteiger charge is -2.01. The second kappa shape index (κ2) is 4.45. The van der Waals surface area contributed by atoms with E-state index in [1.807, 2.05) is 0 Å². The standard InChI is InChI=1S/C8H14N2O3S/c1-10-7-8(6-9-10)13-4-3-5-14(2,11)12/h6-7H,3-5H2,1-2H3. The predicted octanol–water partition coefficient (Wildman–Crippen LogP) is 0.234. The lowest BCUT2D eigenvalue weighted by atomic mass is 10.5. The fourth-order valence-electron chi connectivity index (χ4n) is 0.984. The lowest BCUT2D eigenvalue weighted by Crippen LogP contribution is -2.07. The molecule has 1 rings (SSSR count). The highest BCUT2D eigenvalue weighted by Crippen LogP contribution is 2.07. The summed E-state index contributed by atoms with van der Waals surface area (Å²) in [6, 6.07) is 0. The highest BCUT2D eigenvalue weighted by atomic mass is 32.2. The first kappa shape index (κ1) is 11.0. The van der Waals surface area contributed by atoms with Crippen molar-refractivity contribution < 1.29 is 13.2 Å². The van der Waals surface area contributed by atoms with Crippen LogP contribution in [0.1, 0.15) is 6.42 Å². The number of sulfone groups is 1. The Morgan fingerprint density at radius 2 is 2.29 bits per heavy atom. The van der Waals surface area contributed by atoms with Crippen molar-refractivity contribution in [1.82, 2.24) is 9.78 Å². The Labute approximate surface area is 83.6 Å². The Hall–Kier alpha value is -1.04. The van der Waals surface area contributed by atoms with Crippen LogP contribution in [0.3, 0.4) is 0 Å². The van der Waals surface area contributed by atoms with E-state index in [1.54, 1.807) is 24.1 Å². The number of hydrogen-bond donors (Lipinski definition) is 0. The molecule has 0 aliphatic rings. The monoisotopic (exact) mass is 218 g/mol. The van der Waals surface area contributed by atoms with Gasteiger partial charge in [-0.2, -0.15) is 5.10 Å². The molecule has 0 saturated heterocycles. The van der Waals surface area contributed by atoms with E-state index >= 15 is 0 Å². The van der Waals surface area contributed by atoms with Gasteiger partial charge >= 0.3 is 0 Å². The van der Waals surface area contributed by atoms with Crippen molar-refractivity contribution in [2.45, 2.75) is 6.42 Å². The summed E-state index contributed by atoms with van der Waals surface area (Å²) >= 11 is 0. The summed E-state index contributed by atoms with van der Waals surface area (Å²) in [6.45, 7) is 0.402. The molecule has 0 N–H and O–H groups in total. The first-order chi connectivity index (χ1) is 6.47. The van der Waals surface area contributed by atoms with E-state index < -0.39 is 9.84 Å².